The number of rotatable bonds is 2. The van der Waals surface area contributed by atoms with Crippen LogP contribution in [0.3, 0.4) is 0 Å². The van der Waals surface area contributed by atoms with Gasteiger partial charge in [-0.1, -0.05) is 0 Å². The summed E-state index contributed by atoms with van der Waals surface area (Å²) in [6.07, 6.45) is 0.701. The lowest BCUT2D eigenvalue weighted by atomic mass is 10.2. The number of hydrogen-bond donors (Lipinski definition) is 2. The van der Waals surface area contributed by atoms with Crippen molar-refractivity contribution in [2.24, 2.45) is 0 Å². The molecule has 0 radical (unpaired) electrons. The minimum atomic E-state index is -0.299. The smallest absolute Gasteiger partial charge is 0.317 e. The van der Waals surface area contributed by atoms with Gasteiger partial charge in [-0.3, -0.25) is 4.79 Å². The summed E-state index contributed by atoms with van der Waals surface area (Å²) in [7, 11) is 1.64. The molecular weight excluding hydrogens is 170 g/mol. The third kappa shape index (κ3) is 2.11. The number of hydrogen-bond acceptors (Lipinski definition) is 2. The van der Waals surface area contributed by atoms with E-state index in [1.54, 1.807) is 7.05 Å². The average molecular weight is 185 g/mol. The van der Waals surface area contributed by atoms with E-state index in [1.165, 1.54) is 4.90 Å². The molecule has 0 bridgehead atoms. The lowest BCUT2D eigenvalue weighted by Crippen LogP contribution is -2.46. The molecule has 2 N–H and O–H groups in total. The van der Waals surface area contributed by atoms with Gasteiger partial charge in [0.05, 0.1) is 0 Å². The molecule has 0 saturated carbocycles. The van der Waals surface area contributed by atoms with E-state index in [4.69, 9.17) is 0 Å². The molecule has 0 aromatic carbocycles. The Morgan fingerprint density at radius 1 is 1.77 bits per heavy atom. The number of urea groups is 1. The van der Waals surface area contributed by atoms with Crippen LogP contribution >= 0.6 is 0 Å². The highest BCUT2D eigenvalue weighted by molar-refractivity contribution is 5.88. The first-order valence-corrected chi connectivity index (χ1v) is 4.45. The summed E-state index contributed by atoms with van der Waals surface area (Å²) in [5, 5.41) is 5.34. The molecule has 13 heavy (non-hydrogen) atoms. The quantitative estimate of drug-likeness (QED) is 0.611. The van der Waals surface area contributed by atoms with Crippen molar-refractivity contribution in [1.82, 2.24) is 15.5 Å². The van der Waals surface area contributed by atoms with Gasteiger partial charge in [0.25, 0.3) is 0 Å². The first-order valence-electron chi connectivity index (χ1n) is 4.45. The zero-order valence-corrected chi connectivity index (χ0v) is 7.96. The van der Waals surface area contributed by atoms with Gasteiger partial charge in [0, 0.05) is 20.1 Å². The summed E-state index contributed by atoms with van der Waals surface area (Å²) >= 11 is 0. The van der Waals surface area contributed by atoms with Crippen LogP contribution in [0.1, 0.15) is 13.3 Å². The number of nitrogens with zero attached hydrogens (tertiary/aromatic N) is 1. The predicted octanol–water partition coefficient (Wildman–Crippen LogP) is -0.464. The van der Waals surface area contributed by atoms with Gasteiger partial charge >= 0.3 is 6.03 Å². The maximum absolute atomic E-state index is 11.3. The largest absolute Gasteiger partial charge is 0.354 e. The number of carbonyl (C=O) groups excluding carboxylic acids is 2. The molecule has 1 aliphatic heterocycles. The summed E-state index contributed by atoms with van der Waals surface area (Å²) < 4.78 is 0. The molecule has 0 aliphatic carbocycles. The second-order valence-corrected chi connectivity index (χ2v) is 3.04. The Balaban J connectivity index is 2.50. The van der Waals surface area contributed by atoms with Crippen molar-refractivity contribution >= 4 is 11.9 Å². The molecule has 0 spiro atoms. The van der Waals surface area contributed by atoms with E-state index < -0.39 is 0 Å². The molecule has 1 aliphatic rings. The van der Waals surface area contributed by atoms with Gasteiger partial charge in [-0.05, 0) is 13.3 Å². The SMILES string of the molecule is CCNC(=O)N(C)C1CCNC1=O. The van der Waals surface area contributed by atoms with Gasteiger partial charge in [0.15, 0.2) is 0 Å². The van der Waals surface area contributed by atoms with Crippen LogP contribution in [0.25, 0.3) is 0 Å². The monoisotopic (exact) mass is 185 g/mol. The number of carbonyl (C=O) groups is 2. The molecule has 0 aromatic rings. The Kier molecular flexibility index (Phi) is 3.11. The van der Waals surface area contributed by atoms with Crippen LogP contribution in [0.2, 0.25) is 0 Å². The molecule has 1 unspecified atom stereocenters. The maximum Gasteiger partial charge on any atom is 0.317 e. The highest BCUT2D eigenvalue weighted by Gasteiger charge is 2.30. The lowest BCUT2D eigenvalue weighted by Gasteiger charge is -2.22. The zero-order chi connectivity index (χ0) is 9.84. The standard InChI is InChI=1S/C8H15N3O2/c1-3-9-8(13)11(2)6-4-5-10-7(6)12/h6H,3-5H2,1-2H3,(H,9,13)(H,10,12). The van der Waals surface area contributed by atoms with Gasteiger partial charge in [-0.15, -0.1) is 0 Å². The molecule has 1 rings (SSSR count). The minimum absolute atomic E-state index is 0.0613. The van der Waals surface area contributed by atoms with Crippen molar-refractivity contribution in [2.45, 2.75) is 19.4 Å². The first-order chi connectivity index (χ1) is 6.16. The molecule has 1 heterocycles. The molecule has 1 atom stereocenters. The van der Waals surface area contributed by atoms with Crippen LogP contribution in [-0.4, -0.2) is 43.0 Å². The predicted molar refractivity (Wildman–Crippen MR) is 48.3 cm³/mol. The van der Waals surface area contributed by atoms with E-state index in [9.17, 15) is 9.59 Å². The summed E-state index contributed by atoms with van der Waals surface area (Å²) in [6.45, 7) is 3.09. The third-order valence-corrected chi connectivity index (χ3v) is 2.14. The molecule has 5 heteroatoms. The number of amides is 3. The van der Waals surface area contributed by atoms with Crippen LogP contribution in [0.4, 0.5) is 4.79 Å². The average Bonchev–Trinajstić information content (AvgIpc) is 2.50. The zero-order valence-electron chi connectivity index (χ0n) is 7.96. The highest BCUT2D eigenvalue weighted by atomic mass is 16.2. The van der Waals surface area contributed by atoms with Crippen LogP contribution < -0.4 is 10.6 Å². The Bertz CT molecular complexity index is 217. The van der Waals surface area contributed by atoms with Gasteiger partial charge in [-0.2, -0.15) is 0 Å². The second kappa shape index (κ2) is 4.11. The molecule has 1 saturated heterocycles. The van der Waals surface area contributed by atoms with E-state index in [0.29, 0.717) is 19.5 Å². The van der Waals surface area contributed by atoms with Gasteiger partial charge in [0.2, 0.25) is 5.91 Å². The normalized spacial score (nSPS) is 21.1. The van der Waals surface area contributed by atoms with Crippen LogP contribution in [0, 0.1) is 0 Å². The van der Waals surface area contributed by atoms with Crippen LogP contribution in [0.15, 0.2) is 0 Å². The molecule has 1 fully saturated rings. The van der Waals surface area contributed by atoms with Gasteiger partial charge < -0.3 is 15.5 Å². The Morgan fingerprint density at radius 2 is 2.46 bits per heavy atom. The van der Waals surface area contributed by atoms with Gasteiger partial charge in [-0.25, -0.2) is 4.79 Å². The molecule has 3 amide bonds. The Morgan fingerprint density at radius 3 is 2.92 bits per heavy atom. The highest BCUT2D eigenvalue weighted by Crippen LogP contribution is 2.07. The number of likely N-dealkylation sites (N-methyl/N-ethyl adjacent to an activating group) is 1. The fraction of sp³-hybridized carbons (Fsp3) is 0.750. The summed E-state index contributed by atoms with van der Waals surface area (Å²) in [4.78, 5) is 24.0. The summed E-state index contributed by atoms with van der Waals surface area (Å²) in [5.41, 5.74) is 0. The van der Waals surface area contributed by atoms with Crippen LogP contribution in [0.5, 0.6) is 0 Å². The molecule has 0 aromatic heterocycles. The fourth-order valence-corrected chi connectivity index (χ4v) is 1.37. The molecular formula is C8H15N3O2. The van der Waals surface area contributed by atoms with Crippen molar-refractivity contribution in [3.05, 3.63) is 0 Å². The van der Waals surface area contributed by atoms with Crippen molar-refractivity contribution < 1.29 is 9.59 Å². The van der Waals surface area contributed by atoms with E-state index in [-0.39, 0.29) is 18.0 Å². The van der Waals surface area contributed by atoms with E-state index in [1.807, 2.05) is 6.92 Å². The maximum atomic E-state index is 11.3. The van der Waals surface area contributed by atoms with Crippen molar-refractivity contribution in [3.63, 3.8) is 0 Å². The first kappa shape index (κ1) is 9.83. The lowest BCUT2D eigenvalue weighted by molar-refractivity contribution is -0.122. The molecule has 74 valence electrons. The van der Waals surface area contributed by atoms with E-state index in [0.717, 1.165) is 0 Å². The Labute approximate surface area is 77.5 Å². The van der Waals surface area contributed by atoms with Gasteiger partial charge in [0.1, 0.15) is 6.04 Å². The summed E-state index contributed by atoms with van der Waals surface area (Å²) in [6, 6.07) is -0.490. The van der Waals surface area contributed by atoms with Crippen LogP contribution in [-0.2, 0) is 4.79 Å². The topological polar surface area (TPSA) is 61.4 Å². The second-order valence-electron chi connectivity index (χ2n) is 3.04. The van der Waals surface area contributed by atoms with Crippen molar-refractivity contribution in [3.8, 4) is 0 Å². The van der Waals surface area contributed by atoms with E-state index in [2.05, 4.69) is 10.6 Å². The fourth-order valence-electron chi connectivity index (χ4n) is 1.37. The third-order valence-electron chi connectivity index (χ3n) is 2.14. The number of nitrogens with one attached hydrogen (secondary N) is 2. The minimum Gasteiger partial charge on any atom is -0.354 e. The van der Waals surface area contributed by atoms with Crippen molar-refractivity contribution in [1.29, 1.82) is 0 Å². The molecule has 5 nitrogen and oxygen atoms in total. The summed E-state index contributed by atoms with van der Waals surface area (Å²) in [5.74, 6) is -0.0613. The Hall–Kier alpha value is -1.26. The van der Waals surface area contributed by atoms with Crippen molar-refractivity contribution in [2.75, 3.05) is 20.1 Å². The van der Waals surface area contributed by atoms with E-state index >= 15 is 0 Å².